The summed E-state index contributed by atoms with van der Waals surface area (Å²) in [5, 5.41) is 2.52. The molecule has 141 heavy (non-hydrogen) atoms. The molecule has 3 aromatic carbocycles. The van der Waals surface area contributed by atoms with Crippen molar-refractivity contribution in [3.05, 3.63) is 162 Å². The van der Waals surface area contributed by atoms with Gasteiger partial charge in [-0.05, 0) is 133 Å². The predicted octanol–water partition coefficient (Wildman–Crippen LogP) is 42.3. The van der Waals surface area contributed by atoms with Gasteiger partial charge in [-0.3, -0.25) is 19.2 Å². The highest BCUT2D eigenvalue weighted by Gasteiger charge is 2.27. The number of rotatable bonds is 87. The van der Waals surface area contributed by atoms with E-state index >= 15 is 19.2 Å². The van der Waals surface area contributed by atoms with Gasteiger partial charge in [0.05, 0.1) is 38.8 Å². The first-order valence-corrected chi connectivity index (χ1v) is 62.9. The Morgan fingerprint density at radius 3 is 0.631 bits per heavy atom. The van der Waals surface area contributed by atoms with E-state index in [9.17, 15) is 0 Å². The number of aryl methyl sites for hydroxylation is 6. The van der Waals surface area contributed by atoms with Crippen molar-refractivity contribution < 1.29 is 0 Å². The molecule has 0 aliphatic rings. The molecule has 0 bridgehead atoms. The summed E-state index contributed by atoms with van der Waals surface area (Å²) in [6.45, 7) is 16.3. The minimum absolute atomic E-state index is 0.0306. The van der Waals surface area contributed by atoms with Crippen LogP contribution in [0.3, 0.4) is 0 Å². The standard InChI is InChI=1S/C130H200N4O4S3/c1-7-13-19-25-31-37-43-47-51-55-61-67-73-85-97-131-119-103-115(129(137)132(117(119)101-111(127(131)135)107-89-79-77-80-90-107)98-86-74-68-62-56-52-48-44-38-32-26-20-14-8-2)123-105-112-109(93-83-71-65-59-41-35-29-23-17-11-5)126-113(110(125(112)140-123)94-84-72-66-60-42-36-30-24-18-12-6)106-124(141-126)116-104-120-118(134(130(116)138)100-88-76-70-64-58-54-50-46-40-34-28-22-16-10-4)102-114(122-96-95-121(139-122)108-91-81-78-82-92-108)128(136)133(120)99-87-75-69-63-57-53-49-45-39-33-27-21-15-9-3/h77-82,89-92,95-96,101-106H,7-76,83-88,93-94,97-100H2,1-6H3. The van der Waals surface area contributed by atoms with Crippen LogP contribution in [0.15, 0.2) is 128 Å². The second kappa shape index (κ2) is 72.0. The molecule has 10 aromatic rings. The molecule has 10 rings (SSSR count). The second-order valence-corrected chi connectivity index (χ2v) is 46.6. The number of unbranched alkanes of at least 4 members (excludes halogenated alkanes) is 70. The van der Waals surface area contributed by atoms with Crippen LogP contribution in [-0.2, 0) is 39.0 Å². The highest BCUT2D eigenvalue weighted by molar-refractivity contribution is 7.24. The van der Waals surface area contributed by atoms with E-state index in [-0.39, 0.29) is 22.2 Å². The van der Waals surface area contributed by atoms with E-state index in [4.69, 9.17) is 0 Å². The van der Waals surface area contributed by atoms with E-state index in [1.165, 1.54) is 417 Å². The Labute approximate surface area is 871 Å². The van der Waals surface area contributed by atoms with Gasteiger partial charge in [-0.2, -0.15) is 0 Å². The monoisotopic (exact) mass is 1980 g/mol. The lowest BCUT2D eigenvalue weighted by Crippen LogP contribution is -2.28. The first kappa shape index (κ1) is 117. The Hall–Kier alpha value is -6.40. The molecule has 782 valence electrons. The zero-order chi connectivity index (χ0) is 99.0. The summed E-state index contributed by atoms with van der Waals surface area (Å²) in [4.78, 5) is 69.3. The third-order valence-electron chi connectivity index (χ3n) is 31.4. The van der Waals surface area contributed by atoms with E-state index in [2.05, 4.69) is 163 Å². The zero-order valence-corrected chi connectivity index (χ0v) is 93.5. The average Bonchev–Trinajstić information content (AvgIpc) is 1.60. The lowest BCUT2D eigenvalue weighted by atomic mass is 9.94. The minimum Gasteiger partial charge on any atom is -0.306 e. The highest BCUT2D eigenvalue weighted by atomic mass is 32.1. The number of aromatic nitrogens is 4. The fourth-order valence-corrected chi connectivity index (χ4v) is 26.2. The number of benzene rings is 3. The average molecular weight is 1980 g/mol. The van der Waals surface area contributed by atoms with Crippen LogP contribution in [0.25, 0.3) is 95.1 Å². The van der Waals surface area contributed by atoms with E-state index in [1.54, 1.807) is 11.3 Å². The van der Waals surface area contributed by atoms with Gasteiger partial charge in [0.15, 0.2) is 0 Å². The quantitative estimate of drug-likeness (QED) is 0.0355. The molecule has 0 aliphatic heterocycles. The van der Waals surface area contributed by atoms with Gasteiger partial charge in [0.2, 0.25) is 0 Å². The van der Waals surface area contributed by atoms with Crippen molar-refractivity contribution in [2.24, 2.45) is 0 Å². The van der Waals surface area contributed by atoms with Crippen LogP contribution in [-0.4, -0.2) is 18.3 Å². The SMILES string of the molecule is CCCCCCCCCCCCCCCCn1c(=O)c(-c2ccccc2)cc2c1cc(-c1cc3c(CCCCCCCCCCCC)c4sc(-c5cc6c(cc(-c7ccc(-c8ccccc8)s7)c(=O)n6CCCCCCCCCCCCCCCC)n(CCCCCCCCCCCCCCCC)c5=O)cc4c(CCCCCCCCCCCC)c3s1)c(=O)n2CCCCCCCCCCCCCCCC. The smallest absolute Gasteiger partial charge is 0.259 e. The molecular formula is C130H200N4O4S3. The first-order valence-electron chi connectivity index (χ1n) is 60.5. The number of fused-ring (bicyclic) bond motifs is 4. The summed E-state index contributed by atoms with van der Waals surface area (Å²) in [6.07, 6.45) is 98.0. The van der Waals surface area contributed by atoms with Crippen molar-refractivity contribution in [3.63, 3.8) is 0 Å². The molecule has 8 nitrogen and oxygen atoms in total. The van der Waals surface area contributed by atoms with Crippen LogP contribution >= 0.6 is 34.0 Å². The van der Waals surface area contributed by atoms with Crippen LogP contribution in [0, 0.1) is 0 Å². The molecule has 11 heteroatoms. The lowest BCUT2D eigenvalue weighted by Gasteiger charge is -2.18. The minimum atomic E-state index is 0.0306. The highest BCUT2D eigenvalue weighted by Crippen LogP contribution is 2.48. The van der Waals surface area contributed by atoms with Gasteiger partial charge in [0.1, 0.15) is 0 Å². The van der Waals surface area contributed by atoms with Crippen LogP contribution in [0.2, 0.25) is 0 Å². The predicted molar refractivity (Wildman–Crippen MR) is 627 cm³/mol. The maximum Gasteiger partial charge on any atom is 0.259 e. The molecule has 7 aromatic heterocycles. The molecular weight excluding hydrogens is 1780 g/mol. The fraction of sp³-hybridized carbons (Fsp3) is 0.677. The van der Waals surface area contributed by atoms with Crippen molar-refractivity contribution >= 4 is 76.2 Å². The molecule has 0 saturated carbocycles. The van der Waals surface area contributed by atoms with Gasteiger partial charge in [-0.25, -0.2) is 0 Å². The van der Waals surface area contributed by atoms with Crippen molar-refractivity contribution in [2.45, 2.75) is 569 Å². The number of pyridine rings is 4. The molecule has 0 fully saturated rings. The molecule has 0 aliphatic carbocycles. The maximum atomic E-state index is 16.7. The lowest BCUT2D eigenvalue weighted by molar-refractivity contribution is 0.522. The van der Waals surface area contributed by atoms with Gasteiger partial charge in [0, 0.05) is 60.7 Å². The van der Waals surface area contributed by atoms with Crippen molar-refractivity contribution in [1.29, 1.82) is 0 Å². The van der Waals surface area contributed by atoms with Crippen LogP contribution in [0.1, 0.15) is 541 Å². The third-order valence-corrected chi connectivity index (χ3v) is 35.0. The van der Waals surface area contributed by atoms with E-state index < -0.39 is 0 Å². The molecule has 0 unspecified atom stereocenters. The Morgan fingerprint density at radius 2 is 0.383 bits per heavy atom. The Kier molecular flexibility index (Phi) is 59.5. The van der Waals surface area contributed by atoms with Gasteiger partial charge in [0.25, 0.3) is 22.2 Å². The summed E-state index contributed by atoms with van der Waals surface area (Å²) in [6, 6.07) is 38.8. The van der Waals surface area contributed by atoms with Gasteiger partial charge in [-0.1, -0.05) is 552 Å². The largest absolute Gasteiger partial charge is 0.306 e. The number of thiophene rings is 3. The zero-order valence-electron chi connectivity index (χ0n) is 91.0. The topological polar surface area (TPSA) is 88.0 Å². The molecule has 0 saturated heterocycles. The van der Waals surface area contributed by atoms with E-state index in [0.29, 0.717) is 48.4 Å². The molecule has 0 N–H and O–H groups in total. The normalized spacial score (nSPS) is 11.9. The fourth-order valence-electron chi connectivity index (χ4n) is 22.6. The summed E-state index contributed by atoms with van der Waals surface area (Å²) in [7, 11) is 0. The van der Waals surface area contributed by atoms with Gasteiger partial charge < -0.3 is 18.3 Å². The van der Waals surface area contributed by atoms with E-state index in [0.717, 1.165) is 168 Å². The van der Waals surface area contributed by atoms with E-state index in [1.807, 2.05) is 28.7 Å². The third kappa shape index (κ3) is 40.6. The molecule has 0 spiro atoms. The number of nitrogens with zero attached hydrogens (tertiary/aromatic N) is 4. The van der Waals surface area contributed by atoms with Crippen LogP contribution in [0.5, 0.6) is 0 Å². The molecule has 0 atom stereocenters. The van der Waals surface area contributed by atoms with Gasteiger partial charge >= 0.3 is 0 Å². The Bertz CT molecular complexity index is 5160. The molecule has 0 radical (unpaired) electrons. The maximum absolute atomic E-state index is 16.7. The summed E-state index contributed by atoms with van der Waals surface area (Å²) in [5.74, 6) is 0. The van der Waals surface area contributed by atoms with Crippen molar-refractivity contribution in [1.82, 2.24) is 18.3 Å². The Morgan fingerprint density at radius 1 is 0.184 bits per heavy atom. The molecule has 0 amide bonds. The van der Waals surface area contributed by atoms with Crippen molar-refractivity contribution in [3.8, 4) is 52.9 Å². The first-order chi connectivity index (χ1) is 69.6. The number of hydrogen-bond donors (Lipinski definition) is 0. The Balaban J connectivity index is 1.09. The summed E-state index contributed by atoms with van der Waals surface area (Å²) in [5.41, 5.74) is 11.2. The number of hydrogen-bond acceptors (Lipinski definition) is 7. The van der Waals surface area contributed by atoms with Crippen LogP contribution < -0.4 is 22.2 Å². The van der Waals surface area contributed by atoms with Crippen molar-refractivity contribution in [2.75, 3.05) is 0 Å². The van der Waals surface area contributed by atoms with Gasteiger partial charge in [-0.15, -0.1) is 34.0 Å². The second-order valence-electron chi connectivity index (χ2n) is 43.4. The summed E-state index contributed by atoms with van der Waals surface area (Å²) < 4.78 is 11.1. The summed E-state index contributed by atoms with van der Waals surface area (Å²) >= 11 is 5.36. The molecule has 7 heterocycles. The van der Waals surface area contributed by atoms with Crippen LogP contribution in [0.4, 0.5) is 0 Å².